The lowest BCUT2D eigenvalue weighted by atomic mass is 9.74. The number of hydrogen-bond acceptors (Lipinski definition) is 3. The number of hydrogen-bond donors (Lipinski definition) is 2. The van der Waals surface area contributed by atoms with Crippen molar-refractivity contribution in [1.82, 2.24) is 0 Å². The monoisotopic (exact) mass is 448 g/mol. The lowest BCUT2D eigenvalue weighted by molar-refractivity contribution is -0.141. The summed E-state index contributed by atoms with van der Waals surface area (Å²) in [7, 11) is 0. The molecule has 0 saturated carbocycles. The van der Waals surface area contributed by atoms with Crippen LogP contribution in [-0.2, 0) is 9.53 Å². The first kappa shape index (κ1) is 27.1. The summed E-state index contributed by atoms with van der Waals surface area (Å²) in [6.07, 6.45) is 15.5. The van der Waals surface area contributed by atoms with Crippen molar-refractivity contribution in [3.05, 3.63) is 23.3 Å². The van der Waals surface area contributed by atoms with Gasteiger partial charge in [0.15, 0.2) is 0 Å². The largest absolute Gasteiger partial charge is 0.481 e. The molecule has 0 aromatic heterocycles. The van der Waals surface area contributed by atoms with Crippen LogP contribution in [-0.4, -0.2) is 33.5 Å². The molecule has 1 heterocycles. The third kappa shape index (κ3) is 8.33. The van der Waals surface area contributed by atoms with Gasteiger partial charge in [0, 0.05) is 0 Å². The first-order chi connectivity index (χ1) is 14.9. The predicted molar refractivity (Wildman–Crippen MR) is 132 cm³/mol. The molecule has 1 fully saturated rings. The lowest BCUT2D eigenvalue weighted by Gasteiger charge is -2.46. The van der Waals surface area contributed by atoms with Crippen LogP contribution in [0.25, 0.3) is 0 Å². The van der Waals surface area contributed by atoms with Crippen LogP contribution in [0.1, 0.15) is 112 Å². The average Bonchev–Trinajstić information content (AvgIpc) is 2.70. The molecule has 184 valence electrons. The van der Waals surface area contributed by atoms with Crippen molar-refractivity contribution in [2.75, 3.05) is 0 Å². The maximum atomic E-state index is 10.9. The molecule has 0 spiro atoms. The topological polar surface area (TPSA) is 66.8 Å². The Bertz CT molecular complexity index is 677. The number of carboxylic acids is 1. The number of carbonyl (C=O) groups is 1. The second kappa shape index (κ2) is 11.8. The van der Waals surface area contributed by atoms with E-state index in [9.17, 15) is 9.90 Å². The van der Waals surface area contributed by atoms with Crippen LogP contribution >= 0.6 is 0 Å². The summed E-state index contributed by atoms with van der Waals surface area (Å²) in [6, 6.07) is 0. The Morgan fingerprint density at radius 3 is 2.72 bits per heavy atom. The van der Waals surface area contributed by atoms with Crippen molar-refractivity contribution in [3.63, 3.8) is 0 Å². The van der Waals surface area contributed by atoms with E-state index in [4.69, 9.17) is 9.84 Å². The van der Waals surface area contributed by atoms with Crippen LogP contribution in [0, 0.1) is 17.8 Å². The molecule has 6 unspecified atom stereocenters. The third-order valence-electron chi connectivity index (χ3n) is 8.07. The second-order valence-electron chi connectivity index (χ2n) is 11.4. The highest BCUT2D eigenvalue weighted by Gasteiger charge is 2.40. The number of allylic oxidation sites excluding steroid dienone is 3. The number of fused-ring (bicyclic) bond motifs is 1. The van der Waals surface area contributed by atoms with E-state index in [0.717, 1.165) is 44.9 Å². The van der Waals surface area contributed by atoms with Crippen molar-refractivity contribution in [3.8, 4) is 0 Å². The number of carboxylic acid groups (broad SMARTS) is 1. The quantitative estimate of drug-likeness (QED) is 0.313. The van der Waals surface area contributed by atoms with Crippen LogP contribution in [0.5, 0.6) is 0 Å². The minimum atomic E-state index is -0.752. The summed E-state index contributed by atoms with van der Waals surface area (Å²) < 4.78 is 6.67. The number of rotatable bonds is 12. The molecule has 1 aliphatic carbocycles. The number of ether oxygens (including phenoxy) is 1. The fraction of sp³-hybridized carbons (Fsp3) is 0.821. The van der Waals surface area contributed by atoms with Gasteiger partial charge in [0.05, 0.1) is 23.2 Å². The van der Waals surface area contributed by atoms with E-state index in [1.54, 1.807) is 6.92 Å². The van der Waals surface area contributed by atoms with Gasteiger partial charge in [-0.3, -0.25) is 4.79 Å². The second-order valence-corrected chi connectivity index (χ2v) is 11.4. The fourth-order valence-electron chi connectivity index (χ4n) is 5.20. The molecule has 0 bridgehead atoms. The summed E-state index contributed by atoms with van der Waals surface area (Å²) in [5.74, 6) is 0.217. The van der Waals surface area contributed by atoms with E-state index in [2.05, 4.69) is 39.8 Å². The van der Waals surface area contributed by atoms with Gasteiger partial charge in [0.1, 0.15) is 0 Å². The molecule has 0 amide bonds. The summed E-state index contributed by atoms with van der Waals surface area (Å²) in [6.45, 7) is 12.8. The maximum absolute atomic E-state index is 10.9. The Morgan fingerprint density at radius 2 is 2.03 bits per heavy atom. The molecule has 1 saturated heterocycles. The third-order valence-corrected chi connectivity index (χ3v) is 8.07. The van der Waals surface area contributed by atoms with Crippen molar-refractivity contribution < 1.29 is 19.7 Å². The van der Waals surface area contributed by atoms with Gasteiger partial charge in [-0.25, -0.2) is 0 Å². The summed E-state index contributed by atoms with van der Waals surface area (Å²) in [5.41, 5.74) is 2.19. The van der Waals surface area contributed by atoms with Crippen LogP contribution in [0.4, 0.5) is 0 Å². The van der Waals surface area contributed by atoms with Crippen LogP contribution < -0.4 is 0 Å². The molecular formula is C28H48O4. The highest BCUT2D eigenvalue weighted by molar-refractivity contribution is 5.69. The lowest BCUT2D eigenvalue weighted by Crippen LogP contribution is -2.44. The molecular weight excluding hydrogens is 400 g/mol. The molecule has 6 atom stereocenters. The molecule has 32 heavy (non-hydrogen) atoms. The Balaban J connectivity index is 1.70. The predicted octanol–water partition coefficient (Wildman–Crippen LogP) is 7.07. The molecule has 0 aromatic rings. The zero-order chi connectivity index (χ0) is 23.9. The average molecular weight is 449 g/mol. The van der Waals surface area contributed by atoms with Crippen molar-refractivity contribution in [1.29, 1.82) is 0 Å². The van der Waals surface area contributed by atoms with Crippen molar-refractivity contribution in [2.45, 2.75) is 129 Å². The summed E-state index contributed by atoms with van der Waals surface area (Å²) >= 11 is 0. The molecule has 4 heteroatoms. The van der Waals surface area contributed by atoms with E-state index in [0.29, 0.717) is 30.8 Å². The van der Waals surface area contributed by atoms with Gasteiger partial charge in [-0.15, -0.1) is 0 Å². The Hall–Kier alpha value is -1.13. The van der Waals surface area contributed by atoms with Gasteiger partial charge in [0.2, 0.25) is 0 Å². The smallest absolute Gasteiger partial charge is 0.306 e. The van der Waals surface area contributed by atoms with Gasteiger partial charge < -0.3 is 14.9 Å². The van der Waals surface area contributed by atoms with Crippen LogP contribution in [0.15, 0.2) is 23.3 Å². The molecule has 4 nitrogen and oxygen atoms in total. The SMILES string of the molecule is C/C(=C\CCC1(C)CCC2=CCC(C)C(C)C2O1)CCCC(C)(O)CCCC(C)C(=O)O. The van der Waals surface area contributed by atoms with Gasteiger partial charge in [-0.2, -0.15) is 0 Å². The zero-order valence-electron chi connectivity index (χ0n) is 21.5. The Kier molecular flexibility index (Phi) is 10.0. The molecule has 0 aromatic carbocycles. The van der Waals surface area contributed by atoms with Gasteiger partial charge in [-0.1, -0.05) is 38.5 Å². The van der Waals surface area contributed by atoms with Crippen molar-refractivity contribution >= 4 is 5.97 Å². The van der Waals surface area contributed by atoms with E-state index >= 15 is 0 Å². The maximum Gasteiger partial charge on any atom is 0.306 e. The van der Waals surface area contributed by atoms with E-state index in [-0.39, 0.29) is 11.5 Å². The molecule has 2 aliphatic rings. The van der Waals surface area contributed by atoms with E-state index < -0.39 is 11.6 Å². The molecule has 2 rings (SSSR count). The highest BCUT2D eigenvalue weighted by Crippen LogP contribution is 2.43. The summed E-state index contributed by atoms with van der Waals surface area (Å²) in [4.78, 5) is 10.9. The standard InChI is InChI=1S/C28H48O4/c1-20(10-7-16-27(5,31)17-9-12-22(3)26(29)30)11-8-18-28(6)19-15-24-14-13-21(2)23(4)25(24)32-28/h11,14,21-23,25,31H,7-10,12-13,15-19H2,1-6H3,(H,29,30)/b20-11+. The minimum Gasteiger partial charge on any atom is -0.481 e. The Morgan fingerprint density at radius 1 is 1.34 bits per heavy atom. The number of aliphatic carboxylic acids is 1. The molecule has 1 aliphatic heterocycles. The Labute approximate surface area is 196 Å². The fourth-order valence-corrected chi connectivity index (χ4v) is 5.20. The van der Waals surface area contributed by atoms with E-state index in [1.165, 1.54) is 24.0 Å². The van der Waals surface area contributed by atoms with E-state index in [1.807, 2.05) is 6.92 Å². The van der Waals surface area contributed by atoms with Crippen molar-refractivity contribution in [2.24, 2.45) is 17.8 Å². The van der Waals surface area contributed by atoms with Gasteiger partial charge in [-0.05, 0) is 109 Å². The van der Waals surface area contributed by atoms with Gasteiger partial charge in [0.25, 0.3) is 0 Å². The van der Waals surface area contributed by atoms with Gasteiger partial charge >= 0.3 is 5.97 Å². The molecule has 0 radical (unpaired) electrons. The minimum absolute atomic E-state index is 0.0269. The van der Waals surface area contributed by atoms with Crippen LogP contribution in [0.2, 0.25) is 0 Å². The zero-order valence-corrected chi connectivity index (χ0v) is 21.5. The highest BCUT2D eigenvalue weighted by atomic mass is 16.5. The number of aliphatic hydroxyl groups is 1. The first-order valence-corrected chi connectivity index (χ1v) is 12.9. The summed E-state index contributed by atoms with van der Waals surface area (Å²) in [5, 5.41) is 19.6. The molecule has 2 N–H and O–H groups in total. The normalized spacial score (nSPS) is 31.4. The van der Waals surface area contributed by atoms with Crippen LogP contribution in [0.3, 0.4) is 0 Å². The first-order valence-electron chi connectivity index (χ1n) is 12.9.